The first-order valence-corrected chi connectivity index (χ1v) is 5.97. The van der Waals surface area contributed by atoms with Crippen LogP contribution in [0.25, 0.3) is 11.0 Å². The fraction of sp³-hybridized carbons (Fsp3) is 0.300. The molecule has 0 N–H and O–H groups in total. The van der Waals surface area contributed by atoms with Crippen LogP contribution in [0.2, 0.25) is 0 Å². The number of hydrogen-bond acceptors (Lipinski definition) is 1. The van der Waals surface area contributed by atoms with E-state index < -0.39 is 0 Å². The molecule has 0 saturated heterocycles. The maximum atomic E-state index is 13.4. The van der Waals surface area contributed by atoms with Gasteiger partial charge < -0.3 is 4.57 Å². The number of nitrogens with zero attached hydrogens (tertiary/aromatic N) is 2. The van der Waals surface area contributed by atoms with Gasteiger partial charge in [0.25, 0.3) is 0 Å². The standard InChI is InChI=1S/C10H9ClFIN2/c1-5(11)10-14-8-4-7(13)6(12)3-9(8)15(10)2/h3-5H,1-2H3. The summed E-state index contributed by atoms with van der Waals surface area (Å²) in [5, 5.41) is -0.178. The van der Waals surface area contributed by atoms with Crippen molar-refractivity contribution in [3.05, 3.63) is 27.3 Å². The normalized spacial score (nSPS) is 13.4. The molecule has 0 spiro atoms. The largest absolute Gasteiger partial charge is 0.330 e. The van der Waals surface area contributed by atoms with E-state index in [2.05, 4.69) is 4.98 Å². The highest BCUT2D eigenvalue weighted by molar-refractivity contribution is 14.1. The molecule has 2 nitrogen and oxygen atoms in total. The minimum absolute atomic E-state index is 0.178. The zero-order chi connectivity index (χ0) is 11.2. The van der Waals surface area contributed by atoms with Crippen molar-refractivity contribution in [3.8, 4) is 0 Å². The number of benzene rings is 1. The molecule has 15 heavy (non-hydrogen) atoms. The average molecular weight is 339 g/mol. The van der Waals surface area contributed by atoms with Crippen molar-refractivity contribution in [2.75, 3.05) is 0 Å². The number of rotatable bonds is 1. The highest BCUT2D eigenvalue weighted by atomic mass is 127. The summed E-state index contributed by atoms with van der Waals surface area (Å²) in [6, 6.07) is 3.22. The predicted molar refractivity (Wildman–Crippen MR) is 67.7 cm³/mol. The number of halogens is 3. The van der Waals surface area contributed by atoms with Gasteiger partial charge in [0.2, 0.25) is 0 Å². The summed E-state index contributed by atoms with van der Waals surface area (Å²) in [5.41, 5.74) is 1.56. The van der Waals surface area contributed by atoms with Crippen molar-refractivity contribution >= 4 is 45.2 Å². The van der Waals surface area contributed by atoms with Crippen LogP contribution in [0, 0.1) is 9.39 Å². The summed E-state index contributed by atoms with van der Waals surface area (Å²) in [4.78, 5) is 4.37. The molecule has 2 aromatic rings. The van der Waals surface area contributed by atoms with Crippen LogP contribution >= 0.6 is 34.2 Å². The van der Waals surface area contributed by atoms with E-state index >= 15 is 0 Å². The number of aryl methyl sites for hydroxylation is 1. The molecule has 5 heteroatoms. The first kappa shape index (κ1) is 11.1. The van der Waals surface area contributed by atoms with Gasteiger partial charge in [-0.1, -0.05) is 0 Å². The van der Waals surface area contributed by atoms with Gasteiger partial charge in [0.1, 0.15) is 11.6 Å². The van der Waals surface area contributed by atoms with Gasteiger partial charge >= 0.3 is 0 Å². The highest BCUT2D eigenvalue weighted by Gasteiger charge is 2.13. The zero-order valence-electron chi connectivity index (χ0n) is 8.26. The quantitative estimate of drug-likeness (QED) is 0.574. The van der Waals surface area contributed by atoms with Crippen LogP contribution in [-0.4, -0.2) is 9.55 Å². The Morgan fingerprint density at radius 2 is 2.20 bits per heavy atom. The van der Waals surface area contributed by atoms with Gasteiger partial charge in [0, 0.05) is 13.1 Å². The van der Waals surface area contributed by atoms with Crippen LogP contribution in [0.1, 0.15) is 18.1 Å². The molecular weight excluding hydrogens is 329 g/mol. The van der Waals surface area contributed by atoms with Gasteiger partial charge in [-0.2, -0.15) is 0 Å². The first-order chi connectivity index (χ1) is 7.00. The van der Waals surface area contributed by atoms with Crippen LogP contribution in [0.15, 0.2) is 12.1 Å². The second-order valence-electron chi connectivity index (χ2n) is 3.40. The van der Waals surface area contributed by atoms with Crippen molar-refractivity contribution in [2.45, 2.75) is 12.3 Å². The van der Waals surface area contributed by atoms with Gasteiger partial charge in [-0.25, -0.2) is 9.37 Å². The minimum atomic E-state index is -0.222. The second kappa shape index (κ2) is 3.90. The molecule has 1 unspecified atom stereocenters. The molecule has 0 radical (unpaired) electrons. The van der Waals surface area contributed by atoms with E-state index in [9.17, 15) is 4.39 Å². The Morgan fingerprint density at radius 3 is 2.80 bits per heavy atom. The number of imidazole rings is 1. The topological polar surface area (TPSA) is 17.8 Å². The molecule has 0 aliphatic carbocycles. The van der Waals surface area contributed by atoms with Gasteiger partial charge in [0.05, 0.1) is 20.0 Å². The minimum Gasteiger partial charge on any atom is -0.330 e. The third-order valence-corrected chi connectivity index (χ3v) is 3.34. The smallest absolute Gasteiger partial charge is 0.138 e. The molecule has 1 atom stereocenters. The highest BCUT2D eigenvalue weighted by Crippen LogP contribution is 2.25. The summed E-state index contributed by atoms with van der Waals surface area (Å²) in [7, 11) is 1.84. The second-order valence-corrected chi connectivity index (χ2v) is 5.22. The van der Waals surface area contributed by atoms with E-state index in [0.29, 0.717) is 3.57 Å². The summed E-state index contributed by atoms with van der Waals surface area (Å²) in [6.07, 6.45) is 0. The fourth-order valence-corrected chi connectivity index (χ4v) is 2.21. The molecular formula is C10H9ClFIN2. The van der Waals surface area contributed by atoms with E-state index in [-0.39, 0.29) is 11.2 Å². The Hall–Kier alpha value is -0.360. The Morgan fingerprint density at radius 1 is 1.53 bits per heavy atom. The number of hydrogen-bond donors (Lipinski definition) is 0. The molecule has 0 aliphatic rings. The summed E-state index contributed by atoms with van der Waals surface area (Å²) < 4.78 is 15.8. The monoisotopic (exact) mass is 338 g/mol. The van der Waals surface area contributed by atoms with Crippen LogP contribution < -0.4 is 0 Å². The molecule has 2 rings (SSSR count). The molecule has 0 bridgehead atoms. The Bertz CT molecular complexity index is 522. The van der Waals surface area contributed by atoms with Crippen LogP contribution in [-0.2, 0) is 7.05 Å². The number of alkyl halides is 1. The van der Waals surface area contributed by atoms with E-state index in [0.717, 1.165) is 16.9 Å². The Labute approximate surface area is 106 Å². The molecule has 0 aliphatic heterocycles. The third-order valence-electron chi connectivity index (χ3n) is 2.31. The number of aromatic nitrogens is 2. The molecule has 0 fully saturated rings. The van der Waals surface area contributed by atoms with Crippen molar-refractivity contribution in [1.29, 1.82) is 0 Å². The van der Waals surface area contributed by atoms with Crippen LogP contribution in [0.5, 0.6) is 0 Å². The first-order valence-electron chi connectivity index (χ1n) is 4.46. The number of fused-ring (bicyclic) bond motifs is 1. The van der Waals surface area contributed by atoms with E-state index in [1.54, 1.807) is 6.07 Å². The zero-order valence-corrected chi connectivity index (χ0v) is 11.2. The maximum absolute atomic E-state index is 13.4. The summed E-state index contributed by atoms with van der Waals surface area (Å²) in [5.74, 6) is 0.535. The van der Waals surface area contributed by atoms with Crippen LogP contribution in [0.3, 0.4) is 0 Å². The fourth-order valence-electron chi connectivity index (χ4n) is 1.56. The van der Waals surface area contributed by atoms with Crippen molar-refractivity contribution in [1.82, 2.24) is 9.55 Å². The molecule has 0 saturated carbocycles. The van der Waals surface area contributed by atoms with Gasteiger partial charge in [0.15, 0.2) is 0 Å². The maximum Gasteiger partial charge on any atom is 0.138 e. The van der Waals surface area contributed by atoms with E-state index in [1.165, 1.54) is 6.07 Å². The van der Waals surface area contributed by atoms with Crippen molar-refractivity contribution in [3.63, 3.8) is 0 Å². The van der Waals surface area contributed by atoms with E-state index in [1.807, 2.05) is 41.1 Å². The lowest BCUT2D eigenvalue weighted by Crippen LogP contribution is -1.97. The van der Waals surface area contributed by atoms with Gasteiger partial charge in [-0.3, -0.25) is 0 Å². The van der Waals surface area contributed by atoms with Crippen molar-refractivity contribution < 1.29 is 4.39 Å². The lowest BCUT2D eigenvalue weighted by molar-refractivity contribution is 0.621. The molecule has 1 heterocycles. The Kier molecular flexibility index (Phi) is 2.89. The SMILES string of the molecule is CC(Cl)c1nc2cc(I)c(F)cc2n1C. The average Bonchev–Trinajstić information content (AvgIpc) is 2.46. The van der Waals surface area contributed by atoms with E-state index in [4.69, 9.17) is 11.6 Å². The lowest BCUT2D eigenvalue weighted by Gasteiger charge is -2.02. The molecule has 1 aromatic carbocycles. The predicted octanol–water partition coefficient (Wildman–Crippen LogP) is 3.62. The van der Waals surface area contributed by atoms with Crippen LogP contribution in [0.4, 0.5) is 4.39 Å². The third kappa shape index (κ3) is 1.85. The van der Waals surface area contributed by atoms with Gasteiger partial charge in [-0.05, 0) is 35.6 Å². The summed E-state index contributed by atoms with van der Waals surface area (Å²) >= 11 is 7.93. The molecule has 1 aromatic heterocycles. The van der Waals surface area contributed by atoms with Gasteiger partial charge in [-0.15, -0.1) is 11.6 Å². The lowest BCUT2D eigenvalue weighted by atomic mass is 10.3. The Balaban J connectivity index is 2.77. The summed E-state index contributed by atoms with van der Waals surface area (Å²) in [6.45, 7) is 1.85. The molecule has 80 valence electrons. The molecule has 0 amide bonds. The van der Waals surface area contributed by atoms with Crippen molar-refractivity contribution in [2.24, 2.45) is 7.05 Å².